The van der Waals surface area contributed by atoms with E-state index in [-0.39, 0.29) is 18.2 Å². The first-order chi connectivity index (χ1) is 7.06. The molecular weight excluding hydrogens is 190 g/mol. The summed E-state index contributed by atoms with van der Waals surface area (Å²) in [5.41, 5.74) is 3.46. The van der Waals surface area contributed by atoms with Crippen molar-refractivity contribution in [3.05, 3.63) is 34.9 Å². The van der Waals surface area contributed by atoms with E-state index >= 15 is 0 Å². The molecule has 3 heteroatoms. The lowest BCUT2D eigenvalue weighted by molar-refractivity contribution is 0.134. The zero-order valence-corrected chi connectivity index (χ0v) is 9.20. The summed E-state index contributed by atoms with van der Waals surface area (Å²) < 4.78 is 5.22. The fourth-order valence-corrected chi connectivity index (χ4v) is 2.04. The molecule has 80 valence electrons. The molecule has 0 aromatic heterocycles. The van der Waals surface area contributed by atoms with E-state index in [0.29, 0.717) is 0 Å². The van der Waals surface area contributed by atoms with E-state index in [0.717, 1.165) is 5.56 Å². The number of carbonyl (C=O) groups is 1. The highest BCUT2D eigenvalue weighted by Gasteiger charge is 2.31. The van der Waals surface area contributed by atoms with Crippen LogP contribution in [0.1, 0.15) is 29.7 Å². The lowest BCUT2D eigenvalue weighted by Crippen LogP contribution is -2.23. The lowest BCUT2D eigenvalue weighted by atomic mass is 10.00. The first kappa shape index (κ1) is 10.0. The highest BCUT2D eigenvalue weighted by atomic mass is 16.6. The van der Waals surface area contributed by atoms with Gasteiger partial charge in [-0.2, -0.15) is 0 Å². The highest BCUT2D eigenvalue weighted by molar-refractivity contribution is 5.70. The maximum Gasteiger partial charge on any atom is 0.408 e. The van der Waals surface area contributed by atoms with E-state index in [9.17, 15) is 4.79 Å². The van der Waals surface area contributed by atoms with Gasteiger partial charge in [0.1, 0.15) is 6.10 Å². The van der Waals surface area contributed by atoms with Crippen molar-refractivity contribution in [3.63, 3.8) is 0 Å². The quantitative estimate of drug-likeness (QED) is 0.764. The number of hydrogen-bond acceptors (Lipinski definition) is 2. The zero-order valence-electron chi connectivity index (χ0n) is 9.20. The summed E-state index contributed by atoms with van der Waals surface area (Å²) in [5.74, 6) is 0. The number of ether oxygens (including phenoxy) is 1. The fourth-order valence-electron chi connectivity index (χ4n) is 2.04. The van der Waals surface area contributed by atoms with Crippen molar-refractivity contribution in [2.45, 2.75) is 32.9 Å². The van der Waals surface area contributed by atoms with Crippen LogP contribution in [0.2, 0.25) is 0 Å². The van der Waals surface area contributed by atoms with Crippen LogP contribution in [0.25, 0.3) is 0 Å². The van der Waals surface area contributed by atoms with E-state index in [4.69, 9.17) is 4.74 Å². The molecule has 1 aliphatic heterocycles. The largest absolute Gasteiger partial charge is 0.439 e. The lowest BCUT2D eigenvalue weighted by Gasteiger charge is -2.14. The molecule has 2 atom stereocenters. The Balaban J connectivity index is 2.33. The first-order valence-electron chi connectivity index (χ1n) is 5.11. The molecule has 1 aromatic rings. The minimum absolute atomic E-state index is 0.0405. The summed E-state index contributed by atoms with van der Waals surface area (Å²) in [6.07, 6.45) is -0.484. The van der Waals surface area contributed by atoms with E-state index in [1.165, 1.54) is 11.1 Å². The molecule has 1 saturated heterocycles. The van der Waals surface area contributed by atoms with Crippen LogP contribution in [0.4, 0.5) is 4.79 Å². The molecular formula is C12H15NO2. The number of carbonyl (C=O) groups excluding carboxylic acids is 1. The summed E-state index contributed by atoms with van der Waals surface area (Å²) in [6.45, 7) is 6.05. The van der Waals surface area contributed by atoms with Gasteiger partial charge in [0.2, 0.25) is 0 Å². The van der Waals surface area contributed by atoms with Crippen LogP contribution < -0.4 is 5.32 Å². The van der Waals surface area contributed by atoms with Crippen molar-refractivity contribution in [2.24, 2.45) is 0 Å². The summed E-state index contributed by atoms with van der Waals surface area (Å²) in [4.78, 5) is 11.1. The van der Waals surface area contributed by atoms with Gasteiger partial charge in [0.25, 0.3) is 0 Å². The Morgan fingerprint density at radius 3 is 2.27 bits per heavy atom. The maximum absolute atomic E-state index is 11.1. The number of nitrogens with one attached hydrogen (secondary N) is 1. The molecule has 0 saturated carbocycles. The second-order valence-electron chi connectivity index (χ2n) is 4.18. The monoisotopic (exact) mass is 205 g/mol. The van der Waals surface area contributed by atoms with Crippen molar-refractivity contribution >= 4 is 6.09 Å². The van der Waals surface area contributed by atoms with E-state index in [2.05, 4.69) is 23.5 Å². The average molecular weight is 205 g/mol. The highest BCUT2D eigenvalue weighted by Crippen LogP contribution is 2.27. The molecule has 15 heavy (non-hydrogen) atoms. The molecule has 0 unspecified atom stereocenters. The number of cyclic esters (lactones) is 1. The van der Waals surface area contributed by atoms with Gasteiger partial charge >= 0.3 is 6.09 Å². The predicted octanol–water partition coefficient (Wildman–Crippen LogP) is 2.47. The average Bonchev–Trinajstić information content (AvgIpc) is 2.43. The first-order valence-corrected chi connectivity index (χ1v) is 5.11. The van der Waals surface area contributed by atoms with Crippen LogP contribution in [0.3, 0.4) is 0 Å². The van der Waals surface area contributed by atoms with Gasteiger partial charge in [0.15, 0.2) is 0 Å². The SMILES string of the molecule is Cc1cc(C)cc([C@H]2OC(=O)N[C@@H]2C)c1. The van der Waals surface area contributed by atoms with Crippen molar-refractivity contribution in [3.8, 4) is 0 Å². The molecule has 1 aliphatic rings. The summed E-state index contributed by atoms with van der Waals surface area (Å²) >= 11 is 0. The molecule has 3 nitrogen and oxygen atoms in total. The second-order valence-corrected chi connectivity index (χ2v) is 4.18. The predicted molar refractivity (Wildman–Crippen MR) is 57.7 cm³/mol. The van der Waals surface area contributed by atoms with Gasteiger partial charge in [0.05, 0.1) is 6.04 Å². The Bertz CT molecular complexity index is 380. The minimum atomic E-state index is -0.327. The number of benzene rings is 1. The molecule has 1 N–H and O–H groups in total. The van der Waals surface area contributed by atoms with Gasteiger partial charge in [-0.1, -0.05) is 29.3 Å². The third kappa shape index (κ3) is 1.96. The van der Waals surface area contributed by atoms with Crippen LogP contribution >= 0.6 is 0 Å². The van der Waals surface area contributed by atoms with E-state index in [1.807, 2.05) is 20.8 Å². The molecule has 2 rings (SSSR count). The van der Waals surface area contributed by atoms with Crippen molar-refractivity contribution < 1.29 is 9.53 Å². The smallest absolute Gasteiger partial charge is 0.408 e. The normalized spacial score (nSPS) is 24.9. The fraction of sp³-hybridized carbons (Fsp3) is 0.417. The molecule has 1 amide bonds. The molecule has 1 heterocycles. The zero-order chi connectivity index (χ0) is 11.0. The Labute approximate surface area is 89.4 Å². The molecule has 0 radical (unpaired) electrons. The molecule has 0 bridgehead atoms. The summed E-state index contributed by atoms with van der Waals surface area (Å²) in [5, 5.41) is 2.74. The Morgan fingerprint density at radius 2 is 1.80 bits per heavy atom. The second kappa shape index (κ2) is 3.57. The van der Waals surface area contributed by atoms with Crippen LogP contribution in [-0.4, -0.2) is 12.1 Å². The summed E-state index contributed by atoms with van der Waals surface area (Å²) in [6, 6.07) is 6.28. The Hall–Kier alpha value is -1.51. The van der Waals surface area contributed by atoms with Crippen molar-refractivity contribution in [2.75, 3.05) is 0 Å². The third-order valence-corrected chi connectivity index (χ3v) is 2.61. The Morgan fingerprint density at radius 1 is 1.20 bits per heavy atom. The number of amides is 1. The number of aryl methyl sites for hydroxylation is 2. The number of rotatable bonds is 1. The third-order valence-electron chi connectivity index (χ3n) is 2.61. The topological polar surface area (TPSA) is 38.3 Å². The molecule has 1 aromatic carbocycles. The van der Waals surface area contributed by atoms with Gasteiger partial charge < -0.3 is 10.1 Å². The van der Waals surface area contributed by atoms with E-state index < -0.39 is 0 Å². The Kier molecular flexibility index (Phi) is 2.39. The van der Waals surface area contributed by atoms with Gasteiger partial charge in [-0.3, -0.25) is 0 Å². The van der Waals surface area contributed by atoms with E-state index in [1.54, 1.807) is 0 Å². The van der Waals surface area contributed by atoms with Crippen molar-refractivity contribution in [1.29, 1.82) is 0 Å². The van der Waals surface area contributed by atoms with Gasteiger partial charge in [-0.05, 0) is 26.3 Å². The van der Waals surface area contributed by atoms with Crippen LogP contribution in [-0.2, 0) is 4.74 Å². The van der Waals surface area contributed by atoms with Gasteiger partial charge in [-0.25, -0.2) is 4.79 Å². The van der Waals surface area contributed by atoms with Crippen LogP contribution in [0, 0.1) is 13.8 Å². The standard InChI is InChI=1S/C12H15NO2/c1-7-4-8(2)6-10(5-7)11-9(3)13-12(14)15-11/h4-6,9,11H,1-3H3,(H,13,14)/t9-,11+/m1/s1. The van der Waals surface area contributed by atoms with Gasteiger partial charge in [0, 0.05) is 0 Å². The molecule has 0 aliphatic carbocycles. The number of alkyl carbamates (subject to hydrolysis) is 1. The number of hydrogen-bond donors (Lipinski definition) is 1. The molecule has 0 spiro atoms. The van der Waals surface area contributed by atoms with Crippen molar-refractivity contribution in [1.82, 2.24) is 5.32 Å². The minimum Gasteiger partial charge on any atom is -0.439 e. The van der Waals surface area contributed by atoms with Crippen LogP contribution in [0.15, 0.2) is 18.2 Å². The maximum atomic E-state index is 11.1. The summed E-state index contributed by atoms with van der Waals surface area (Å²) in [7, 11) is 0. The molecule has 1 fully saturated rings. The van der Waals surface area contributed by atoms with Crippen LogP contribution in [0.5, 0.6) is 0 Å². The van der Waals surface area contributed by atoms with Gasteiger partial charge in [-0.15, -0.1) is 0 Å².